The third kappa shape index (κ3) is 4.33. The molecule has 4 rings (SSSR count). The molecule has 3 unspecified atom stereocenters. The molecular formula is C24H29NO3. The zero-order valence-electron chi connectivity index (χ0n) is 16.7. The van der Waals surface area contributed by atoms with Crippen LogP contribution in [0.2, 0.25) is 0 Å². The van der Waals surface area contributed by atoms with Crippen LogP contribution in [-0.2, 0) is 16.1 Å². The van der Waals surface area contributed by atoms with E-state index >= 15 is 0 Å². The Kier molecular flexibility index (Phi) is 6.99. The highest BCUT2D eigenvalue weighted by Crippen LogP contribution is 2.40. The smallest absolute Gasteiger partial charge is 0.260 e. The van der Waals surface area contributed by atoms with Gasteiger partial charge in [0.15, 0.2) is 0 Å². The van der Waals surface area contributed by atoms with Crippen LogP contribution in [0.25, 0.3) is 0 Å². The van der Waals surface area contributed by atoms with Crippen molar-refractivity contribution in [3.05, 3.63) is 71.8 Å². The van der Waals surface area contributed by atoms with E-state index in [1.54, 1.807) is 12.1 Å². The number of rotatable bonds is 4. The summed E-state index contributed by atoms with van der Waals surface area (Å²) in [6.45, 7) is 4.58. The van der Waals surface area contributed by atoms with E-state index in [-0.39, 0.29) is 29.9 Å². The topological polar surface area (TPSA) is 46.6 Å². The maximum Gasteiger partial charge on any atom is 0.260 e. The van der Waals surface area contributed by atoms with E-state index in [1.807, 2.05) is 50.2 Å². The lowest BCUT2D eigenvalue weighted by molar-refractivity contribution is -0.135. The molecule has 148 valence electrons. The first-order valence-electron chi connectivity index (χ1n) is 10.3. The largest absolute Gasteiger partial charge is 0.373 e. The van der Waals surface area contributed by atoms with Crippen LogP contribution in [0.1, 0.15) is 55.5 Å². The van der Waals surface area contributed by atoms with E-state index in [9.17, 15) is 9.59 Å². The highest BCUT2D eigenvalue weighted by Gasteiger charge is 2.47. The molecule has 2 amide bonds. The lowest BCUT2D eigenvalue weighted by Gasteiger charge is -2.37. The van der Waals surface area contributed by atoms with Crippen LogP contribution in [0.5, 0.6) is 0 Å². The highest BCUT2D eigenvalue weighted by molar-refractivity contribution is 6.05. The summed E-state index contributed by atoms with van der Waals surface area (Å²) < 4.78 is 6.18. The monoisotopic (exact) mass is 379 g/mol. The molecule has 1 aliphatic heterocycles. The molecule has 1 heterocycles. The van der Waals surface area contributed by atoms with E-state index in [1.165, 1.54) is 4.90 Å². The molecule has 2 aliphatic rings. The van der Waals surface area contributed by atoms with Crippen LogP contribution in [0.3, 0.4) is 0 Å². The Bertz CT molecular complexity index is 775. The SMILES string of the molecule is CC.O=C1CCC2C(OCc3ccccc3)CCC2N1C(=O)c1ccccc1. The van der Waals surface area contributed by atoms with Crippen LogP contribution < -0.4 is 0 Å². The van der Waals surface area contributed by atoms with E-state index in [4.69, 9.17) is 4.74 Å². The minimum atomic E-state index is -0.172. The molecule has 4 heteroatoms. The Morgan fingerprint density at radius 1 is 0.964 bits per heavy atom. The van der Waals surface area contributed by atoms with Gasteiger partial charge in [-0.3, -0.25) is 14.5 Å². The quantitative estimate of drug-likeness (QED) is 0.714. The second kappa shape index (κ2) is 9.65. The van der Waals surface area contributed by atoms with Gasteiger partial charge in [-0.05, 0) is 37.0 Å². The van der Waals surface area contributed by atoms with Crippen molar-refractivity contribution < 1.29 is 14.3 Å². The Hall–Kier alpha value is -2.46. The second-order valence-electron chi connectivity index (χ2n) is 7.12. The predicted molar refractivity (Wildman–Crippen MR) is 110 cm³/mol. The maximum absolute atomic E-state index is 12.9. The number of nitrogens with zero attached hydrogens (tertiary/aromatic N) is 1. The fourth-order valence-corrected chi connectivity index (χ4v) is 4.27. The number of ether oxygens (including phenoxy) is 1. The third-order valence-corrected chi connectivity index (χ3v) is 5.56. The molecule has 0 N–H and O–H groups in total. The highest BCUT2D eigenvalue weighted by atomic mass is 16.5. The Balaban J connectivity index is 0.00000109. The van der Waals surface area contributed by atoms with Gasteiger partial charge in [-0.25, -0.2) is 0 Å². The summed E-state index contributed by atoms with van der Waals surface area (Å²) in [6, 6.07) is 19.2. The van der Waals surface area contributed by atoms with Crippen LogP contribution >= 0.6 is 0 Å². The van der Waals surface area contributed by atoms with Gasteiger partial charge >= 0.3 is 0 Å². The third-order valence-electron chi connectivity index (χ3n) is 5.56. The summed E-state index contributed by atoms with van der Waals surface area (Å²) in [6.07, 6.45) is 3.06. The summed E-state index contributed by atoms with van der Waals surface area (Å²) in [5, 5.41) is 0. The lowest BCUT2D eigenvalue weighted by Crippen LogP contribution is -2.51. The first kappa shape index (κ1) is 20.3. The van der Waals surface area contributed by atoms with E-state index < -0.39 is 0 Å². The Morgan fingerprint density at radius 3 is 2.29 bits per heavy atom. The van der Waals surface area contributed by atoms with Gasteiger partial charge in [-0.2, -0.15) is 0 Å². The minimum absolute atomic E-state index is 0.0373. The summed E-state index contributed by atoms with van der Waals surface area (Å²) in [5.41, 5.74) is 1.73. The summed E-state index contributed by atoms with van der Waals surface area (Å²) in [5.74, 6) is 0.0156. The van der Waals surface area contributed by atoms with Crippen molar-refractivity contribution in [3.8, 4) is 0 Å². The molecule has 3 atom stereocenters. The van der Waals surface area contributed by atoms with Gasteiger partial charge in [0.1, 0.15) is 0 Å². The summed E-state index contributed by atoms with van der Waals surface area (Å²) in [7, 11) is 0. The van der Waals surface area contributed by atoms with Crippen molar-refractivity contribution in [1.29, 1.82) is 0 Å². The number of piperidine rings is 1. The van der Waals surface area contributed by atoms with E-state index in [2.05, 4.69) is 12.1 Å². The van der Waals surface area contributed by atoms with Gasteiger partial charge in [-0.15, -0.1) is 0 Å². The van der Waals surface area contributed by atoms with Crippen LogP contribution in [0.4, 0.5) is 0 Å². The number of hydrogen-bond acceptors (Lipinski definition) is 3. The van der Waals surface area contributed by atoms with Crippen molar-refractivity contribution in [2.45, 2.75) is 58.3 Å². The molecule has 2 aromatic rings. The Morgan fingerprint density at radius 2 is 1.61 bits per heavy atom. The average molecular weight is 380 g/mol. The van der Waals surface area contributed by atoms with Gasteiger partial charge in [0.2, 0.25) is 5.91 Å². The average Bonchev–Trinajstić information content (AvgIpc) is 3.17. The molecule has 0 aromatic heterocycles. The molecule has 28 heavy (non-hydrogen) atoms. The molecule has 4 nitrogen and oxygen atoms in total. The molecule has 1 saturated heterocycles. The number of hydrogen-bond donors (Lipinski definition) is 0. The lowest BCUT2D eigenvalue weighted by atomic mass is 9.89. The predicted octanol–water partition coefficient (Wildman–Crippen LogP) is 4.84. The van der Waals surface area contributed by atoms with Crippen molar-refractivity contribution in [1.82, 2.24) is 4.90 Å². The summed E-state index contributed by atoms with van der Waals surface area (Å²) >= 11 is 0. The molecule has 1 aliphatic carbocycles. The van der Waals surface area contributed by atoms with Gasteiger partial charge in [-0.1, -0.05) is 62.4 Å². The number of amides is 2. The second-order valence-corrected chi connectivity index (χ2v) is 7.12. The first-order valence-corrected chi connectivity index (χ1v) is 10.3. The zero-order chi connectivity index (χ0) is 19.9. The maximum atomic E-state index is 12.9. The van der Waals surface area contributed by atoms with E-state index in [0.717, 1.165) is 24.8 Å². The fourth-order valence-electron chi connectivity index (χ4n) is 4.27. The van der Waals surface area contributed by atoms with Crippen LogP contribution in [0.15, 0.2) is 60.7 Å². The van der Waals surface area contributed by atoms with Crippen molar-refractivity contribution in [2.75, 3.05) is 0 Å². The zero-order valence-corrected chi connectivity index (χ0v) is 16.7. The summed E-state index contributed by atoms with van der Waals surface area (Å²) in [4.78, 5) is 26.9. The molecule has 2 fully saturated rings. The van der Waals surface area contributed by atoms with Gasteiger partial charge < -0.3 is 4.74 Å². The number of likely N-dealkylation sites (tertiary alicyclic amines) is 1. The molecule has 1 saturated carbocycles. The molecule has 0 spiro atoms. The fraction of sp³-hybridized carbons (Fsp3) is 0.417. The normalized spacial score (nSPS) is 23.6. The van der Waals surface area contributed by atoms with Crippen LogP contribution in [0, 0.1) is 5.92 Å². The van der Waals surface area contributed by atoms with Gasteiger partial charge in [0.05, 0.1) is 12.7 Å². The number of benzene rings is 2. The van der Waals surface area contributed by atoms with Gasteiger partial charge in [0, 0.05) is 23.9 Å². The molecular weight excluding hydrogens is 350 g/mol. The van der Waals surface area contributed by atoms with E-state index in [0.29, 0.717) is 18.6 Å². The number of carbonyl (C=O) groups excluding carboxylic acids is 2. The molecule has 2 aromatic carbocycles. The van der Waals surface area contributed by atoms with Crippen molar-refractivity contribution >= 4 is 11.8 Å². The number of carbonyl (C=O) groups is 2. The minimum Gasteiger partial charge on any atom is -0.373 e. The van der Waals surface area contributed by atoms with Crippen LogP contribution in [-0.4, -0.2) is 28.9 Å². The standard InChI is InChI=1S/C22H23NO3.C2H6/c24-21-14-11-18-19(23(21)22(25)17-9-5-2-6-10-17)12-13-20(18)26-15-16-7-3-1-4-8-16;1-2/h1-10,18-20H,11-15H2;1-2H3. The first-order chi connectivity index (χ1) is 13.7. The van der Waals surface area contributed by atoms with Gasteiger partial charge in [0.25, 0.3) is 5.91 Å². The number of fused-ring (bicyclic) bond motifs is 1. The molecule has 0 radical (unpaired) electrons. The number of imide groups is 1. The van der Waals surface area contributed by atoms with Crippen molar-refractivity contribution in [3.63, 3.8) is 0 Å². The Labute approximate surface area is 167 Å². The molecule has 0 bridgehead atoms. The van der Waals surface area contributed by atoms with Crippen molar-refractivity contribution in [2.24, 2.45) is 5.92 Å².